The van der Waals surface area contributed by atoms with Crippen LogP contribution in [0.1, 0.15) is 92.4 Å². The van der Waals surface area contributed by atoms with Gasteiger partial charge in [0.2, 0.25) is 5.91 Å². The predicted octanol–water partition coefficient (Wildman–Crippen LogP) is 3.71. The number of carboxylic acids is 1. The van der Waals surface area contributed by atoms with Gasteiger partial charge < -0.3 is 30.7 Å². The van der Waals surface area contributed by atoms with E-state index in [2.05, 4.69) is 31.4 Å². The summed E-state index contributed by atoms with van der Waals surface area (Å²) < 4.78 is 5.74. The van der Waals surface area contributed by atoms with Gasteiger partial charge in [0.25, 0.3) is 0 Å². The Morgan fingerprint density at radius 2 is 1.72 bits per heavy atom. The van der Waals surface area contributed by atoms with E-state index in [0.29, 0.717) is 19.3 Å². The first-order valence-corrected chi connectivity index (χ1v) is 15.1. The summed E-state index contributed by atoms with van der Waals surface area (Å²) in [7, 11) is 0. The Kier molecular flexibility index (Phi) is 8.91. The number of hydrogen-bond donors (Lipinski definition) is 5. The molecule has 0 aromatic rings. The lowest BCUT2D eigenvalue weighted by Crippen LogP contribution is -2.62. The number of aliphatic hydroxyl groups is 2. The third kappa shape index (κ3) is 5.81. The first kappa shape index (κ1) is 30.1. The monoisotopic (exact) mass is 550 g/mol. The minimum Gasteiger partial charge on any atom is -0.480 e. The minimum atomic E-state index is -1.05. The average molecular weight is 551 g/mol. The molecule has 9 heteroatoms. The van der Waals surface area contributed by atoms with Gasteiger partial charge in [-0.05, 0) is 112 Å². The van der Waals surface area contributed by atoms with Crippen molar-refractivity contribution in [1.29, 1.82) is 0 Å². The van der Waals surface area contributed by atoms with Crippen molar-refractivity contribution >= 4 is 18.0 Å². The molecule has 0 aromatic carbocycles. The zero-order valence-corrected chi connectivity index (χ0v) is 24.3. The van der Waals surface area contributed by atoms with Crippen LogP contribution in [0.5, 0.6) is 0 Å². The van der Waals surface area contributed by atoms with E-state index in [0.717, 1.165) is 32.1 Å². The highest BCUT2D eigenvalue weighted by Crippen LogP contribution is 2.68. The highest BCUT2D eigenvalue weighted by atomic mass is 16.6. The summed E-state index contributed by atoms with van der Waals surface area (Å²) >= 11 is 0. The van der Waals surface area contributed by atoms with E-state index in [1.54, 1.807) is 0 Å². The number of ether oxygens (including phenoxy) is 1. The molecule has 0 saturated heterocycles. The van der Waals surface area contributed by atoms with E-state index >= 15 is 0 Å². The number of carbonyl (C=O) groups is 3. The van der Waals surface area contributed by atoms with Gasteiger partial charge in [-0.25, -0.2) is 4.79 Å². The number of aliphatic carboxylic acids is 1. The Balaban J connectivity index is 1.44. The molecule has 0 aromatic heterocycles. The maximum atomic E-state index is 12.2. The number of nitrogens with one attached hydrogen (secondary N) is 2. The first-order valence-electron chi connectivity index (χ1n) is 15.1. The van der Waals surface area contributed by atoms with Gasteiger partial charge >= 0.3 is 12.1 Å². The molecule has 4 rings (SSSR count). The van der Waals surface area contributed by atoms with E-state index in [1.165, 1.54) is 0 Å². The van der Waals surface area contributed by atoms with Crippen LogP contribution in [0.4, 0.5) is 4.79 Å². The van der Waals surface area contributed by atoms with E-state index in [9.17, 15) is 24.6 Å². The maximum Gasteiger partial charge on any atom is 0.407 e. The lowest BCUT2D eigenvalue weighted by atomic mass is 9.43. The fourth-order valence-corrected chi connectivity index (χ4v) is 9.47. The fraction of sp³-hybridized carbons (Fsp3) is 0.900. The van der Waals surface area contributed by atoms with Crippen LogP contribution in [0.25, 0.3) is 0 Å². The summed E-state index contributed by atoms with van der Waals surface area (Å²) in [6, 6.07) is 0.0219. The molecule has 2 amide bonds. The Labute approximate surface area is 232 Å². The van der Waals surface area contributed by atoms with E-state index in [-0.39, 0.29) is 83.4 Å². The van der Waals surface area contributed by atoms with Gasteiger partial charge in [0.15, 0.2) is 0 Å². The van der Waals surface area contributed by atoms with Crippen molar-refractivity contribution in [2.75, 3.05) is 6.54 Å². The Morgan fingerprint density at radius 3 is 2.38 bits per heavy atom. The zero-order valence-electron chi connectivity index (χ0n) is 24.3. The first-order chi connectivity index (χ1) is 18.3. The second kappa shape index (κ2) is 11.6. The van der Waals surface area contributed by atoms with E-state index in [4.69, 9.17) is 9.84 Å². The van der Waals surface area contributed by atoms with Crippen molar-refractivity contribution in [2.45, 2.75) is 117 Å². The minimum absolute atomic E-state index is 0.00742. The van der Waals surface area contributed by atoms with Crippen LogP contribution in [-0.4, -0.2) is 64.2 Å². The second-order valence-electron chi connectivity index (χ2n) is 13.9. The topological polar surface area (TPSA) is 145 Å². The number of carboxylic acid groups (broad SMARTS) is 1. The average Bonchev–Trinajstić information content (AvgIpc) is 3.20. The maximum absolute atomic E-state index is 12.2. The van der Waals surface area contributed by atoms with Crippen molar-refractivity contribution in [3.8, 4) is 0 Å². The Morgan fingerprint density at radius 1 is 1.00 bits per heavy atom. The number of alkyl carbamates (subject to hydrolysis) is 1. The third-order valence-corrected chi connectivity index (χ3v) is 11.4. The van der Waals surface area contributed by atoms with Crippen LogP contribution < -0.4 is 10.6 Å². The lowest BCUT2D eigenvalue weighted by molar-refractivity contribution is -0.207. The quantitative estimate of drug-likeness (QED) is 0.310. The van der Waals surface area contributed by atoms with Crippen molar-refractivity contribution in [3.05, 3.63) is 0 Å². The Hall–Kier alpha value is -1.87. The molecule has 4 aliphatic rings. The number of carbonyl (C=O) groups excluding carboxylic acids is 2. The van der Waals surface area contributed by atoms with Gasteiger partial charge in [0, 0.05) is 12.5 Å². The molecule has 4 saturated carbocycles. The van der Waals surface area contributed by atoms with Crippen LogP contribution in [0, 0.1) is 46.3 Å². The molecule has 0 radical (unpaired) electrons. The second-order valence-corrected chi connectivity index (χ2v) is 13.9. The molecule has 0 bridgehead atoms. The van der Waals surface area contributed by atoms with Crippen molar-refractivity contribution in [1.82, 2.24) is 10.6 Å². The SMILES string of the molecule is CC(C)NC(=O)O[C@@H]1CC[C@@]2(C)[C@@H](C1)C[C@@H](O)[C@@H]1[C@@H]2C[C@H](O)[C@]2(C)[C@@H]([C@H](C)CCC(=O)NCC(=O)O)CC[C@@H]12. The number of fused-ring (bicyclic) bond motifs is 5. The molecule has 0 aliphatic heterocycles. The summed E-state index contributed by atoms with van der Waals surface area (Å²) in [6.07, 6.45) is 5.27. The highest BCUT2D eigenvalue weighted by Gasteiger charge is 2.65. The van der Waals surface area contributed by atoms with Gasteiger partial charge in [0.1, 0.15) is 12.6 Å². The molecule has 5 N–H and O–H groups in total. The molecule has 0 unspecified atom stereocenters. The van der Waals surface area contributed by atoms with Gasteiger partial charge in [-0.2, -0.15) is 0 Å². The number of rotatable bonds is 8. The standard InChI is InChI=1S/C30H50N2O7/c1-16(2)32-28(38)39-19-10-11-29(4)18(12-19)13-23(33)27-21-8-7-20(30(21,5)24(34)14-22(27)29)17(3)6-9-25(35)31-15-26(36)37/h16-24,27,33-34H,6-15H2,1-5H3,(H,31,35)(H,32,38)(H,36,37)/t17-,18+,19-,20-,21+,22+,23-,24+,27+,29+,30-/m1/s1. The van der Waals surface area contributed by atoms with Gasteiger partial charge in [-0.15, -0.1) is 0 Å². The highest BCUT2D eigenvalue weighted by molar-refractivity contribution is 5.81. The molecular formula is C30H50N2O7. The molecule has 0 spiro atoms. The molecule has 222 valence electrons. The van der Waals surface area contributed by atoms with Gasteiger partial charge in [-0.3, -0.25) is 9.59 Å². The molecule has 11 atom stereocenters. The normalized spacial score (nSPS) is 42.1. The van der Waals surface area contributed by atoms with Gasteiger partial charge in [-0.1, -0.05) is 20.8 Å². The number of aliphatic hydroxyl groups excluding tert-OH is 2. The lowest BCUT2D eigenvalue weighted by Gasteiger charge is -2.63. The number of hydrogen-bond acceptors (Lipinski definition) is 6. The van der Waals surface area contributed by atoms with Crippen LogP contribution in [0.2, 0.25) is 0 Å². The summed E-state index contributed by atoms with van der Waals surface area (Å²) in [5.74, 6) is -0.0341. The predicted molar refractivity (Wildman–Crippen MR) is 146 cm³/mol. The summed E-state index contributed by atoms with van der Waals surface area (Å²) in [5, 5.41) is 37.4. The summed E-state index contributed by atoms with van der Waals surface area (Å²) in [4.78, 5) is 35.1. The van der Waals surface area contributed by atoms with Crippen LogP contribution in [0.3, 0.4) is 0 Å². The molecule has 9 nitrogen and oxygen atoms in total. The zero-order chi connectivity index (χ0) is 28.7. The summed E-state index contributed by atoms with van der Waals surface area (Å²) in [6.45, 7) is 10.1. The Bertz CT molecular complexity index is 927. The number of amides is 2. The molecule has 4 aliphatic carbocycles. The molecule has 39 heavy (non-hydrogen) atoms. The summed E-state index contributed by atoms with van der Waals surface area (Å²) in [5.41, 5.74) is -0.329. The smallest absolute Gasteiger partial charge is 0.407 e. The fourth-order valence-electron chi connectivity index (χ4n) is 9.47. The van der Waals surface area contributed by atoms with Crippen molar-refractivity contribution in [2.24, 2.45) is 46.3 Å². The van der Waals surface area contributed by atoms with Crippen molar-refractivity contribution < 1.29 is 34.4 Å². The van der Waals surface area contributed by atoms with E-state index in [1.807, 2.05) is 13.8 Å². The van der Waals surface area contributed by atoms with E-state index < -0.39 is 18.2 Å². The molecule has 4 fully saturated rings. The molecule has 0 heterocycles. The van der Waals surface area contributed by atoms with Crippen LogP contribution in [-0.2, 0) is 14.3 Å². The van der Waals surface area contributed by atoms with Gasteiger partial charge in [0.05, 0.1) is 12.2 Å². The molecular weight excluding hydrogens is 500 g/mol. The van der Waals surface area contributed by atoms with Crippen molar-refractivity contribution in [3.63, 3.8) is 0 Å². The van der Waals surface area contributed by atoms with Crippen LogP contribution in [0.15, 0.2) is 0 Å². The third-order valence-electron chi connectivity index (χ3n) is 11.4. The largest absolute Gasteiger partial charge is 0.480 e. The van der Waals surface area contributed by atoms with Crippen LogP contribution >= 0.6 is 0 Å².